The van der Waals surface area contributed by atoms with Gasteiger partial charge in [-0.25, -0.2) is 0 Å². The number of benzene rings is 2. The van der Waals surface area contributed by atoms with Gasteiger partial charge < -0.3 is 14.8 Å². The van der Waals surface area contributed by atoms with Gasteiger partial charge >= 0.3 is 0 Å². The Morgan fingerprint density at radius 2 is 2.19 bits per heavy atom. The third kappa shape index (κ3) is 4.07. The monoisotopic (exact) mass is 354 g/mol. The highest BCUT2D eigenvalue weighted by atomic mass is 16.7. The molecule has 26 heavy (non-hydrogen) atoms. The van der Waals surface area contributed by atoms with Crippen LogP contribution in [0.3, 0.4) is 0 Å². The van der Waals surface area contributed by atoms with Crippen molar-refractivity contribution >= 4 is 23.4 Å². The lowest BCUT2D eigenvalue weighted by molar-refractivity contribution is -0.385. The van der Waals surface area contributed by atoms with E-state index in [2.05, 4.69) is 5.32 Å². The van der Waals surface area contributed by atoms with Gasteiger partial charge in [-0.05, 0) is 30.2 Å². The molecule has 1 N–H and O–H groups in total. The van der Waals surface area contributed by atoms with E-state index in [0.717, 1.165) is 12.0 Å². The third-order valence-electron chi connectivity index (χ3n) is 3.95. The molecule has 0 atom stereocenters. The number of nitro benzene ring substituents is 1. The van der Waals surface area contributed by atoms with Gasteiger partial charge in [0.25, 0.3) is 5.69 Å². The number of hydrogen-bond acceptors (Lipinski definition) is 5. The summed E-state index contributed by atoms with van der Waals surface area (Å²) in [7, 11) is 0. The van der Waals surface area contributed by atoms with E-state index < -0.39 is 4.92 Å². The first-order valence-corrected chi connectivity index (χ1v) is 8.16. The van der Waals surface area contributed by atoms with Gasteiger partial charge in [0, 0.05) is 35.0 Å². The fraction of sp³-hybridized carbons (Fsp3) is 0.211. The molecule has 134 valence electrons. The van der Waals surface area contributed by atoms with Crippen molar-refractivity contribution in [3.05, 3.63) is 69.3 Å². The van der Waals surface area contributed by atoms with Gasteiger partial charge in [0.1, 0.15) is 5.75 Å². The van der Waals surface area contributed by atoms with Crippen molar-refractivity contribution in [1.82, 2.24) is 0 Å². The van der Waals surface area contributed by atoms with Crippen LogP contribution in [0.25, 0.3) is 6.08 Å². The van der Waals surface area contributed by atoms with Crippen molar-refractivity contribution in [2.24, 2.45) is 0 Å². The summed E-state index contributed by atoms with van der Waals surface area (Å²) in [5.41, 5.74) is 2.79. The Bertz CT molecular complexity index is 876. The van der Waals surface area contributed by atoms with E-state index in [9.17, 15) is 14.9 Å². The number of ether oxygens (including phenoxy) is 2. The molecule has 0 saturated carbocycles. The Morgan fingerprint density at radius 1 is 1.35 bits per heavy atom. The summed E-state index contributed by atoms with van der Waals surface area (Å²) >= 11 is 0. The Morgan fingerprint density at radius 3 is 2.96 bits per heavy atom. The molecule has 1 aliphatic rings. The number of nitro groups is 1. The molecular weight excluding hydrogens is 336 g/mol. The maximum absolute atomic E-state index is 12.2. The maximum Gasteiger partial charge on any atom is 0.270 e. The van der Waals surface area contributed by atoms with Crippen LogP contribution in [-0.2, 0) is 22.6 Å². The minimum atomic E-state index is -0.484. The average Bonchev–Trinajstić information content (AvgIpc) is 2.66. The number of non-ortho nitro benzene ring substituents is 1. The van der Waals surface area contributed by atoms with Crippen LogP contribution >= 0.6 is 0 Å². The maximum atomic E-state index is 12.2. The number of amides is 1. The van der Waals surface area contributed by atoms with Crippen molar-refractivity contribution in [3.8, 4) is 5.75 Å². The molecule has 0 saturated heterocycles. The van der Waals surface area contributed by atoms with Gasteiger partial charge in [-0.1, -0.05) is 19.1 Å². The topological polar surface area (TPSA) is 90.7 Å². The molecule has 7 heteroatoms. The number of rotatable bonds is 5. The summed E-state index contributed by atoms with van der Waals surface area (Å²) < 4.78 is 10.6. The first-order valence-electron chi connectivity index (χ1n) is 8.16. The van der Waals surface area contributed by atoms with Gasteiger partial charge in [0.05, 0.1) is 11.5 Å². The number of carbonyl (C=O) groups excluding carboxylic acids is 1. The standard InChI is InChI=1S/C19H18N2O5/c1-2-13-4-3-5-16(8-13)20-18(22)7-6-14-9-17(21(23)24)10-15-11-25-12-26-19(14)15/h3-10H,2,11-12H2,1H3,(H,20,22)/b7-6+. The molecule has 1 heterocycles. The summed E-state index contributed by atoms with van der Waals surface area (Å²) in [4.78, 5) is 22.8. The van der Waals surface area contributed by atoms with E-state index >= 15 is 0 Å². The highest BCUT2D eigenvalue weighted by molar-refractivity contribution is 6.02. The van der Waals surface area contributed by atoms with E-state index in [4.69, 9.17) is 9.47 Å². The lowest BCUT2D eigenvalue weighted by Gasteiger charge is -2.19. The van der Waals surface area contributed by atoms with Crippen LogP contribution in [0.1, 0.15) is 23.6 Å². The second-order valence-corrected chi connectivity index (χ2v) is 5.77. The zero-order chi connectivity index (χ0) is 18.5. The fourth-order valence-electron chi connectivity index (χ4n) is 2.68. The summed E-state index contributed by atoms with van der Waals surface area (Å²) in [5.74, 6) is 0.171. The van der Waals surface area contributed by atoms with E-state index in [1.807, 2.05) is 25.1 Å². The van der Waals surface area contributed by atoms with E-state index in [0.29, 0.717) is 22.6 Å². The quantitative estimate of drug-likeness (QED) is 0.502. The highest BCUT2D eigenvalue weighted by Crippen LogP contribution is 2.33. The largest absolute Gasteiger partial charge is 0.467 e. The van der Waals surface area contributed by atoms with E-state index in [-0.39, 0.29) is 25.0 Å². The van der Waals surface area contributed by atoms with Gasteiger partial charge in [-0.2, -0.15) is 0 Å². The zero-order valence-corrected chi connectivity index (χ0v) is 14.2. The number of aryl methyl sites for hydroxylation is 1. The summed E-state index contributed by atoms with van der Waals surface area (Å²) in [6.45, 7) is 2.34. The van der Waals surface area contributed by atoms with Gasteiger partial charge in [-0.15, -0.1) is 0 Å². The average molecular weight is 354 g/mol. The molecule has 0 bridgehead atoms. The first-order chi connectivity index (χ1) is 12.6. The number of hydrogen-bond donors (Lipinski definition) is 1. The fourth-order valence-corrected chi connectivity index (χ4v) is 2.68. The van der Waals surface area contributed by atoms with Crippen LogP contribution in [0.4, 0.5) is 11.4 Å². The van der Waals surface area contributed by atoms with Crippen molar-refractivity contribution in [2.45, 2.75) is 20.0 Å². The molecule has 2 aromatic rings. The van der Waals surface area contributed by atoms with Crippen molar-refractivity contribution in [3.63, 3.8) is 0 Å². The van der Waals surface area contributed by atoms with E-state index in [1.54, 1.807) is 6.07 Å². The first kappa shape index (κ1) is 17.6. The Kier molecular flexibility index (Phi) is 5.28. The van der Waals surface area contributed by atoms with Crippen molar-refractivity contribution < 1.29 is 19.2 Å². The minimum Gasteiger partial charge on any atom is -0.467 e. The van der Waals surface area contributed by atoms with Gasteiger partial charge in [0.15, 0.2) is 6.79 Å². The zero-order valence-electron chi connectivity index (χ0n) is 14.2. The Labute approximate surface area is 150 Å². The molecule has 1 amide bonds. The van der Waals surface area contributed by atoms with Crippen LogP contribution in [0.5, 0.6) is 5.75 Å². The molecule has 0 aromatic heterocycles. The molecule has 7 nitrogen and oxygen atoms in total. The number of carbonyl (C=O) groups is 1. The van der Waals surface area contributed by atoms with E-state index in [1.165, 1.54) is 24.3 Å². The number of fused-ring (bicyclic) bond motifs is 1. The number of nitrogens with zero attached hydrogens (tertiary/aromatic N) is 1. The predicted octanol–water partition coefficient (Wildman–Crippen LogP) is 3.68. The second-order valence-electron chi connectivity index (χ2n) is 5.77. The third-order valence-corrected chi connectivity index (χ3v) is 3.95. The van der Waals surface area contributed by atoms with Crippen LogP contribution in [0, 0.1) is 10.1 Å². The molecule has 0 spiro atoms. The van der Waals surface area contributed by atoms with Crippen LogP contribution in [0.15, 0.2) is 42.5 Å². The molecule has 0 fully saturated rings. The van der Waals surface area contributed by atoms with Crippen LogP contribution in [0.2, 0.25) is 0 Å². The molecule has 0 radical (unpaired) electrons. The smallest absolute Gasteiger partial charge is 0.270 e. The second kappa shape index (κ2) is 7.79. The predicted molar refractivity (Wildman–Crippen MR) is 96.9 cm³/mol. The Hall–Kier alpha value is -3.19. The number of anilines is 1. The Balaban J connectivity index is 1.81. The van der Waals surface area contributed by atoms with Gasteiger partial charge in [0.2, 0.25) is 5.91 Å². The molecule has 0 aliphatic carbocycles. The molecular formula is C19H18N2O5. The lowest BCUT2D eigenvalue weighted by atomic mass is 10.1. The molecule has 2 aromatic carbocycles. The summed E-state index contributed by atoms with van der Waals surface area (Å²) in [6.07, 6.45) is 3.71. The lowest BCUT2D eigenvalue weighted by Crippen LogP contribution is -2.13. The highest BCUT2D eigenvalue weighted by Gasteiger charge is 2.19. The molecule has 3 rings (SSSR count). The van der Waals surface area contributed by atoms with Crippen molar-refractivity contribution in [1.29, 1.82) is 0 Å². The molecule has 1 aliphatic heterocycles. The normalized spacial score (nSPS) is 13.1. The van der Waals surface area contributed by atoms with Gasteiger partial charge in [-0.3, -0.25) is 14.9 Å². The minimum absolute atomic E-state index is 0.0711. The summed E-state index contributed by atoms with van der Waals surface area (Å²) in [5, 5.41) is 13.9. The SMILES string of the molecule is CCc1cccc(NC(=O)/C=C/c2cc([N+](=O)[O-])cc3c2OCOC3)c1. The summed E-state index contributed by atoms with van der Waals surface area (Å²) in [6, 6.07) is 10.4. The number of nitrogens with one attached hydrogen (secondary N) is 1. The van der Waals surface area contributed by atoms with Crippen LogP contribution in [-0.4, -0.2) is 17.6 Å². The van der Waals surface area contributed by atoms with Crippen LogP contribution < -0.4 is 10.1 Å². The van der Waals surface area contributed by atoms with Crippen molar-refractivity contribution in [2.75, 3.05) is 12.1 Å². The molecule has 0 unspecified atom stereocenters.